The zero-order valence-electron chi connectivity index (χ0n) is 22.7. The van der Waals surface area contributed by atoms with Crippen molar-refractivity contribution in [2.75, 3.05) is 19.7 Å². The van der Waals surface area contributed by atoms with Crippen LogP contribution < -0.4 is 16.4 Å². The van der Waals surface area contributed by atoms with Gasteiger partial charge < -0.3 is 26.0 Å². The summed E-state index contributed by atoms with van der Waals surface area (Å²) in [6, 6.07) is -1.63. The lowest BCUT2D eigenvalue weighted by Crippen LogP contribution is -2.60. The van der Waals surface area contributed by atoms with Crippen molar-refractivity contribution in [3.8, 4) is 0 Å². The lowest BCUT2D eigenvalue weighted by Gasteiger charge is -2.38. The van der Waals surface area contributed by atoms with Crippen molar-refractivity contribution < 1.29 is 19.1 Å². The zero-order chi connectivity index (χ0) is 26.9. The predicted molar refractivity (Wildman–Crippen MR) is 145 cm³/mol. The molecule has 1 heterocycles. The summed E-state index contributed by atoms with van der Waals surface area (Å²) < 4.78 is 4.64. The second kappa shape index (κ2) is 14.1. The minimum Gasteiger partial charge on any atom is -0.450 e. The Kier molecular flexibility index (Phi) is 11.8. The predicted octanol–water partition coefficient (Wildman–Crippen LogP) is 3.65. The molecule has 9 nitrogen and oxygen atoms in total. The van der Waals surface area contributed by atoms with Gasteiger partial charge in [0.15, 0.2) is 0 Å². The van der Waals surface area contributed by atoms with Gasteiger partial charge in [0.1, 0.15) is 12.1 Å². The molecular weight excluding hydrogens is 478 g/mol. The molecular formula is C26H47N5O4S. The molecule has 0 aromatic heterocycles. The standard InChI is InChI=1S/C26H47N5O4S/c1-6-7-13-35-25(34)30-21(26(4,5)36-17(2)3)24(33)31-16-19(22(27)28)14-20(31)23(32)29-15-18-11-9-8-10-12-18/h17-21H,6-16H2,1-5H3,(H3,27,28)(H,29,32)(H,30,34)/t19-,20+,21+/m1/s1. The van der Waals surface area contributed by atoms with Gasteiger partial charge in [-0.2, -0.15) is 11.8 Å². The van der Waals surface area contributed by atoms with E-state index in [1.165, 1.54) is 24.2 Å². The molecule has 0 aromatic rings. The van der Waals surface area contributed by atoms with Crippen LogP contribution in [-0.4, -0.2) is 70.4 Å². The first-order chi connectivity index (χ1) is 17.0. The highest BCUT2D eigenvalue weighted by Gasteiger charge is 2.47. The summed E-state index contributed by atoms with van der Waals surface area (Å²) in [4.78, 5) is 41.4. The Hall–Kier alpha value is -1.97. The zero-order valence-corrected chi connectivity index (χ0v) is 23.5. The van der Waals surface area contributed by atoms with Crippen LogP contribution in [0.25, 0.3) is 0 Å². The van der Waals surface area contributed by atoms with Gasteiger partial charge in [-0.25, -0.2) is 4.79 Å². The Balaban J connectivity index is 2.22. The first-order valence-corrected chi connectivity index (χ1v) is 14.4. The Morgan fingerprint density at radius 1 is 1.19 bits per heavy atom. The number of thioether (sulfide) groups is 1. The molecule has 2 fully saturated rings. The first kappa shape index (κ1) is 30.3. The molecule has 1 aliphatic carbocycles. The fourth-order valence-electron chi connectivity index (χ4n) is 5.15. The van der Waals surface area contributed by atoms with E-state index in [1.807, 2.05) is 34.6 Å². The second-order valence-corrected chi connectivity index (χ2v) is 13.2. The van der Waals surface area contributed by atoms with Crippen molar-refractivity contribution in [3.05, 3.63) is 0 Å². The van der Waals surface area contributed by atoms with E-state index >= 15 is 0 Å². The third-order valence-corrected chi connectivity index (χ3v) is 8.41. The van der Waals surface area contributed by atoms with E-state index < -0.39 is 28.8 Å². The smallest absolute Gasteiger partial charge is 0.407 e. The number of ether oxygens (including phenoxy) is 1. The van der Waals surface area contributed by atoms with Crippen LogP contribution in [0.15, 0.2) is 0 Å². The van der Waals surface area contributed by atoms with Gasteiger partial charge in [-0.3, -0.25) is 15.0 Å². The summed E-state index contributed by atoms with van der Waals surface area (Å²) in [6.45, 7) is 11.0. The third kappa shape index (κ3) is 8.85. The van der Waals surface area contributed by atoms with E-state index in [0.717, 1.165) is 25.7 Å². The summed E-state index contributed by atoms with van der Waals surface area (Å²) >= 11 is 1.58. The number of hydrogen-bond acceptors (Lipinski definition) is 6. The molecule has 0 unspecified atom stereocenters. The highest BCUT2D eigenvalue weighted by Crippen LogP contribution is 2.35. The van der Waals surface area contributed by atoms with E-state index in [-0.39, 0.29) is 36.1 Å². The van der Waals surface area contributed by atoms with Gasteiger partial charge in [-0.1, -0.05) is 46.5 Å². The van der Waals surface area contributed by atoms with Gasteiger partial charge in [0.2, 0.25) is 11.8 Å². The summed E-state index contributed by atoms with van der Waals surface area (Å²) in [5.41, 5.74) is 5.81. The Bertz CT molecular complexity index is 769. The summed E-state index contributed by atoms with van der Waals surface area (Å²) in [5.74, 6) is -0.518. The molecule has 36 heavy (non-hydrogen) atoms. The van der Waals surface area contributed by atoms with Crippen molar-refractivity contribution in [3.63, 3.8) is 0 Å². The van der Waals surface area contributed by atoms with Crippen LogP contribution >= 0.6 is 11.8 Å². The second-order valence-electron chi connectivity index (χ2n) is 11.0. The molecule has 10 heteroatoms. The number of nitrogens with one attached hydrogen (secondary N) is 3. The van der Waals surface area contributed by atoms with Crippen LogP contribution in [0.3, 0.4) is 0 Å². The Labute approximate surface area is 220 Å². The van der Waals surface area contributed by atoms with E-state index in [1.54, 1.807) is 11.8 Å². The monoisotopic (exact) mass is 525 g/mol. The average molecular weight is 526 g/mol. The number of rotatable bonds is 12. The van der Waals surface area contributed by atoms with E-state index in [4.69, 9.17) is 15.9 Å². The molecule has 1 saturated carbocycles. The van der Waals surface area contributed by atoms with Crippen LogP contribution in [0.1, 0.15) is 86.0 Å². The average Bonchev–Trinajstić information content (AvgIpc) is 3.26. The van der Waals surface area contributed by atoms with Crippen LogP contribution in [0.5, 0.6) is 0 Å². The maximum atomic E-state index is 14.0. The van der Waals surface area contributed by atoms with E-state index in [9.17, 15) is 14.4 Å². The van der Waals surface area contributed by atoms with Crippen molar-refractivity contribution in [2.45, 2.75) is 108 Å². The maximum absolute atomic E-state index is 14.0. The van der Waals surface area contributed by atoms with Crippen molar-refractivity contribution in [1.82, 2.24) is 15.5 Å². The molecule has 0 aromatic carbocycles. The van der Waals surface area contributed by atoms with Crippen molar-refractivity contribution in [1.29, 1.82) is 5.41 Å². The number of carbonyl (C=O) groups excluding carboxylic acids is 3. The summed E-state index contributed by atoms with van der Waals surface area (Å²) in [7, 11) is 0. The molecule has 1 saturated heterocycles. The summed E-state index contributed by atoms with van der Waals surface area (Å²) in [5, 5.41) is 14.0. The molecule has 1 aliphatic heterocycles. The van der Waals surface area contributed by atoms with E-state index in [0.29, 0.717) is 18.9 Å². The number of nitrogens with two attached hydrogens (primary N) is 1. The van der Waals surface area contributed by atoms with Gasteiger partial charge in [-0.05, 0) is 50.7 Å². The Morgan fingerprint density at radius 2 is 1.86 bits per heavy atom. The largest absolute Gasteiger partial charge is 0.450 e. The maximum Gasteiger partial charge on any atom is 0.407 e. The van der Waals surface area contributed by atoms with Crippen LogP contribution in [0.4, 0.5) is 4.79 Å². The third-order valence-electron chi connectivity index (χ3n) is 7.09. The van der Waals surface area contributed by atoms with Crippen LogP contribution in [0.2, 0.25) is 0 Å². The molecule has 3 amide bonds. The highest BCUT2D eigenvalue weighted by molar-refractivity contribution is 8.01. The molecule has 206 valence electrons. The van der Waals surface area contributed by atoms with Crippen LogP contribution in [0, 0.1) is 17.2 Å². The lowest BCUT2D eigenvalue weighted by molar-refractivity contribution is -0.140. The minimum atomic E-state index is -0.904. The van der Waals surface area contributed by atoms with Gasteiger partial charge >= 0.3 is 6.09 Å². The highest BCUT2D eigenvalue weighted by atomic mass is 32.2. The minimum absolute atomic E-state index is 0.0327. The molecule has 3 atom stereocenters. The SMILES string of the molecule is CCCCOC(=O)N[C@@H](C(=O)N1C[C@H](C(=N)N)C[C@H]1C(=O)NCC1CCCCC1)C(C)(C)SC(C)C. The summed E-state index contributed by atoms with van der Waals surface area (Å²) in [6.07, 6.45) is 7.13. The van der Waals surface area contributed by atoms with Gasteiger partial charge in [0, 0.05) is 23.8 Å². The number of alkyl carbamates (subject to hydrolysis) is 1. The van der Waals surface area contributed by atoms with Gasteiger partial charge in [-0.15, -0.1) is 0 Å². The number of hydrogen-bond donors (Lipinski definition) is 4. The van der Waals surface area contributed by atoms with Crippen molar-refractivity contribution >= 4 is 35.5 Å². The number of amidine groups is 1. The number of likely N-dealkylation sites (tertiary alicyclic amines) is 1. The molecule has 5 N–H and O–H groups in total. The molecule has 0 radical (unpaired) electrons. The topological polar surface area (TPSA) is 138 Å². The van der Waals surface area contributed by atoms with E-state index in [2.05, 4.69) is 10.6 Å². The molecule has 0 spiro atoms. The normalized spacial score (nSPS) is 21.8. The number of amides is 3. The van der Waals surface area contributed by atoms with Gasteiger partial charge in [0.25, 0.3) is 0 Å². The Morgan fingerprint density at radius 3 is 2.44 bits per heavy atom. The number of nitrogens with zero attached hydrogens (tertiary/aromatic N) is 1. The first-order valence-electron chi connectivity index (χ1n) is 13.5. The molecule has 0 bridgehead atoms. The quantitative estimate of drug-likeness (QED) is 0.174. The fraction of sp³-hybridized carbons (Fsp3) is 0.846. The molecule has 2 rings (SSSR count). The lowest BCUT2D eigenvalue weighted by atomic mass is 9.89. The fourth-order valence-corrected chi connectivity index (χ4v) is 6.66. The number of carbonyl (C=O) groups is 3. The van der Waals surface area contributed by atoms with Gasteiger partial charge in [0.05, 0.1) is 12.4 Å². The van der Waals surface area contributed by atoms with Crippen LogP contribution in [-0.2, 0) is 14.3 Å². The van der Waals surface area contributed by atoms with Crippen molar-refractivity contribution in [2.24, 2.45) is 17.6 Å². The molecule has 2 aliphatic rings. The number of unbranched alkanes of at least 4 members (excludes halogenated alkanes) is 1.